The second-order valence-corrected chi connectivity index (χ2v) is 7.92. The molecule has 0 unspecified atom stereocenters. The number of sulfone groups is 1. The van der Waals surface area contributed by atoms with E-state index < -0.39 is 15.6 Å². The van der Waals surface area contributed by atoms with Crippen LogP contribution < -0.4 is 4.74 Å². The third kappa shape index (κ3) is 3.22. The van der Waals surface area contributed by atoms with E-state index in [2.05, 4.69) is 15.2 Å². The fourth-order valence-corrected chi connectivity index (χ4v) is 3.62. The van der Waals surface area contributed by atoms with Crippen molar-refractivity contribution in [3.8, 4) is 11.5 Å². The molecule has 24 heavy (non-hydrogen) atoms. The van der Waals surface area contributed by atoms with Crippen LogP contribution >= 0.6 is 11.3 Å². The van der Waals surface area contributed by atoms with E-state index in [0.29, 0.717) is 5.13 Å². The summed E-state index contributed by atoms with van der Waals surface area (Å²) in [6, 6.07) is 10.2. The lowest BCUT2D eigenvalue weighted by Gasteiger charge is -2.07. The minimum absolute atomic E-state index is 0.00553. The molecule has 0 radical (unpaired) electrons. The fourth-order valence-electron chi connectivity index (χ4n) is 2.04. The van der Waals surface area contributed by atoms with Crippen LogP contribution in [0.3, 0.4) is 0 Å². The number of para-hydroxylation sites is 1. The number of fused-ring (bicyclic) bond motifs is 1. The first-order chi connectivity index (χ1) is 11.4. The van der Waals surface area contributed by atoms with Gasteiger partial charge in [-0.3, -0.25) is 0 Å². The van der Waals surface area contributed by atoms with Crippen LogP contribution in [0, 0.1) is 0 Å². The third-order valence-corrected chi connectivity index (χ3v) is 5.22. The molecule has 0 saturated carbocycles. The van der Waals surface area contributed by atoms with Crippen molar-refractivity contribution in [2.45, 2.75) is 4.90 Å². The summed E-state index contributed by atoms with van der Waals surface area (Å²) in [6.45, 7) is 0. The van der Waals surface area contributed by atoms with Crippen molar-refractivity contribution < 1.29 is 18.3 Å². The molecule has 1 heterocycles. The van der Waals surface area contributed by atoms with Crippen LogP contribution in [0.2, 0.25) is 0 Å². The van der Waals surface area contributed by atoms with Crippen molar-refractivity contribution in [1.29, 1.82) is 0 Å². The van der Waals surface area contributed by atoms with Gasteiger partial charge >= 0.3 is 0 Å². The van der Waals surface area contributed by atoms with E-state index in [1.54, 1.807) is 0 Å². The van der Waals surface area contributed by atoms with Crippen LogP contribution in [-0.4, -0.2) is 31.9 Å². The highest BCUT2D eigenvalue weighted by Gasteiger charge is 2.19. The molecule has 0 aliphatic carbocycles. The smallest absolute Gasteiger partial charge is 0.231 e. The SMILES string of the molecule is COc1cc(N=Nc2nc3ccccc3s2)c(O)c(S(C)(=O)=O)c1. The summed E-state index contributed by atoms with van der Waals surface area (Å²) in [5, 5.41) is 18.5. The van der Waals surface area contributed by atoms with E-state index in [9.17, 15) is 13.5 Å². The van der Waals surface area contributed by atoms with Crippen LogP contribution in [0.25, 0.3) is 10.2 Å². The number of thiazole rings is 1. The molecule has 3 rings (SSSR count). The van der Waals surface area contributed by atoms with Crippen LogP contribution in [0.5, 0.6) is 11.5 Å². The van der Waals surface area contributed by atoms with Gasteiger partial charge in [-0.05, 0) is 12.1 Å². The number of phenolic OH excluding ortho intramolecular Hbond substituents is 1. The first-order valence-electron chi connectivity index (χ1n) is 6.77. The molecule has 2 aromatic carbocycles. The lowest BCUT2D eigenvalue weighted by molar-refractivity contribution is 0.408. The lowest BCUT2D eigenvalue weighted by atomic mass is 10.3. The average Bonchev–Trinajstić information content (AvgIpc) is 2.95. The first kappa shape index (κ1) is 16.3. The average molecular weight is 363 g/mol. The maximum atomic E-state index is 11.8. The molecular formula is C15H13N3O4S2. The molecule has 0 atom stereocenters. The van der Waals surface area contributed by atoms with E-state index in [-0.39, 0.29) is 16.3 Å². The zero-order valence-corrected chi connectivity index (χ0v) is 14.4. The molecule has 0 aliphatic heterocycles. The molecule has 0 saturated heterocycles. The normalized spacial score (nSPS) is 12.1. The Kier molecular flexibility index (Phi) is 4.20. The summed E-state index contributed by atoms with van der Waals surface area (Å²) in [4.78, 5) is 4.03. The Labute approximate surface area is 142 Å². The number of hydrogen-bond donors (Lipinski definition) is 1. The molecule has 0 fully saturated rings. The number of hydrogen-bond acceptors (Lipinski definition) is 8. The van der Waals surface area contributed by atoms with Gasteiger partial charge in [-0.25, -0.2) is 13.4 Å². The van der Waals surface area contributed by atoms with Gasteiger partial charge in [0.2, 0.25) is 5.13 Å². The molecular weight excluding hydrogens is 350 g/mol. The molecule has 0 bridgehead atoms. The Bertz CT molecular complexity index is 1010. The summed E-state index contributed by atoms with van der Waals surface area (Å²) in [5.74, 6) is -0.213. The fraction of sp³-hybridized carbons (Fsp3) is 0.133. The summed E-state index contributed by atoms with van der Waals surface area (Å²) in [6.07, 6.45) is 0.996. The molecule has 9 heteroatoms. The quantitative estimate of drug-likeness (QED) is 0.710. The van der Waals surface area contributed by atoms with Crippen molar-refractivity contribution in [2.24, 2.45) is 10.2 Å². The zero-order chi connectivity index (χ0) is 17.3. The molecule has 0 aliphatic rings. The monoisotopic (exact) mass is 363 g/mol. The van der Waals surface area contributed by atoms with Crippen molar-refractivity contribution in [1.82, 2.24) is 4.98 Å². The second-order valence-electron chi connectivity index (χ2n) is 4.93. The lowest BCUT2D eigenvalue weighted by Crippen LogP contribution is -1.98. The number of aromatic nitrogens is 1. The van der Waals surface area contributed by atoms with Crippen molar-refractivity contribution >= 4 is 42.2 Å². The minimum atomic E-state index is -3.64. The van der Waals surface area contributed by atoms with Gasteiger partial charge in [0, 0.05) is 18.4 Å². The Morgan fingerprint density at radius 1 is 1.21 bits per heavy atom. The predicted octanol–water partition coefficient (Wildman–Crippen LogP) is 3.83. The van der Waals surface area contributed by atoms with Crippen molar-refractivity contribution in [3.05, 3.63) is 36.4 Å². The molecule has 124 valence electrons. The second kappa shape index (κ2) is 6.17. The molecule has 1 N–H and O–H groups in total. The topological polar surface area (TPSA) is 101 Å². The molecule has 7 nitrogen and oxygen atoms in total. The highest BCUT2D eigenvalue weighted by atomic mass is 32.2. The third-order valence-electron chi connectivity index (χ3n) is 3.19. The van der Waals surface area contributed by atoms with Gasteiger partial charge in [0.1, 0.15) is 16.3 Å². The number of phenols is 1. The Balaban J connectivity index is 2.05. The first-order valence-corrected chi connectivity index (χ1v) is 9.47. The van der Waals surface area contributed by atoms with Crippen LogP contribution in [0.15, 0.2) is 51.5 Å². The van der Waals surface area contributed by atoms with E-state index in [1.807, 2.05) is 24.3 Å². The van der Waals surface area contributed by atoms with Gasteiger partial charge in [-0.1, -0.05) is 23.5 Å². The van der Waals surface area contributed by atoms with Gasteiger partial charge < -0.3 is 9.84 Å². The summed E-state index contributed by atoms with van der Waals surface area (Å²) >= 11 is 1.34. The van der Waals surface area contributed by atoms with Crippen LogP contribution in [0.1, 0.15) is 0 Å². The number of azo groups is 1. The van der Waals surface area contributed by atoms with Crippen LogP contribution in [0.4, 0.5) is 10.8 Å². The number of benzene rings is 2. The van der Waals surface area contributed by atoms with E-state index in [4.69, 9.17) is 4.74 Å². The van der Waals surface area contributed by atoms with Crippen LogP contribution in [-0.2, 0) is 9.84 Å². The molecule has 1 aromatic heterocycles. The number of rotatable bonds is 4. The Morgan fingerprint density at radius 3 is 2.62 bits per heavy atom. The largest absolute Gasteiger partial charge is 0.504 e. The number of nitrogens with zero attached hydrogens (tertiary/aromatic N) is 3. The van der Waals surface area contributed by atoms with Crippen molar-refractivity contribution in [3.63, 3.8) is 0 Å². The molecule has 0 spiro atoms. The maximum absolute atomic E-state index is 11.8. The summed E-state index contributed by atoms with van der Waals surface area (Å²) < 4.78 is 29.5. The summed E-state index contributed by atoms with van der Waals surface area (Å²) in [7, 11) is -2.24. The Hall–Kier alpha value is -2.52. The maximum Gasteiger partial charge on any atom is 0.231 e. The van der Waals surface area contributed by atoms with Gasteiger partial charge in [0.25, 0.3) is 0 Å². The number of methoxy groups -OCH3 is 1. The molecule has 0 amide bonds. The van der Waals surface area contributed by atoms with Gasteiger partial charge in [0.05, 0.1) is 17.3 Å². The highest BCUT2D eigenvalue weighted by molar-refractivity contribution is 7.90. The van der Waals surface area contributed by atoms with E-state index in [0.717, 1.165) is 16.5 Å². The standard InChI is InChI=1S/C15H13N3O4S2/c1-22-9-7-11(14(19)13(8-9)24(2,20)21)17-18-15-16-10-5-3-4-6-12(10)23-15/h3-8,19H,1-2H3. The van der Waals surface area contributed by atoms with E-state index in [1.165, 1.54) is 30.6 Å². The van der Waals surface area contributed by atoms with Crippen molar-refractivity contribution in [2.75, 3.05) is 13.4 Å². The van der Waals surface area contributed by atoms with E-state index >= 15 is 0 Å². The van der Waals surface area contributed by atoms with Gasteiger partial charge in [-0.2, -0.15) is 0 Å². The predicted molar refractivity (Wildman–Crippen MR) is 91.6 cm³/mol. The minimum Gasteiger partial charge on any atom is -0.504 e. The summed E-state index contributed by atoms with van der Waals surface area (Å²) in [5.41, 5.74) is 0.789. The number of aromatic hydroxyl groups is 1. The molecule has 3 aromatic rings. The Morgan fingerprint density at radius 2 is 1.96 bits per heavy atom. The van der Waals surface area contributed by atoms with Gasteiger partial charge in [0.15, 0.2) is 15.6 Å². The zero-order valence-electron chi connectivity index (χ0n) is 12.8. The van der Waals surface area contributed by atoms with Gasteiger partial charge in [-0.15, -0.1) is 10.2 Å². The highest BCUT2D eigenvalue weighted by Crippen LogP contribution is 2.39. The number of ether oxygens (including phenoxy) is 1.